The van der Waals surface area contributed by atoms with Crippen molar-refractivity contribution in [2.75, 3.05) is 0 Å². The van der Waals surface area contributed by atoms with Gasteiger partial charge in [-0.1, -0.05) is 27.7 Å². The normalized spacial score (nSPS) is 47.7. The number of aliphatic hydroxyl groups excluding tert-OH is 2. The minimum Gasteiger partial charge on any atom is -0.463 e. The third-order valence-corrected chi connectivity index (χ3v) is 11.2. The second-order valence-electron chi connectivity index (χ2n) is 12.6. The Morgan fingerprint density at radius 3 is 2.50 bits per heavy atom. The molecule has 0 heterocycles. The van der Waals surface area contributed by atoms with Crippen molar-refractivity contribution in [3.05, 3.63) is 0 Å². The zero-order valence-corrected chi connectivity index (χ0v) is 21.2. The first kappa shape index (κ1) is 24.5. The highest BCUT2D eigenvalue weighted by Gasteiger charge is 2.63. The number of carbonyl (C=O) groups is 1. The molecule has 0 aromatic rings. The summed E-state index contributed by atoms with van der Waals surface area (Å²) in [5.74, 6) is 3.38. The Morgan fingerprint density at radius 1 is 1.03 bits per heavy atom. The molecule has 0 aromatic carbocycles. The van der Waals surface area contributed by atoms with Crippen LogP contribution < -0.4 is 0 Å². The van der Waals surface area contributed by atoms with Gasteiger partial charge in [-0.25, -0.2) is 0 Å². The molecule has 32 heavy (non-hydrogen) atoms. The molecule has 0 amide bonds. The molecule has 0 aromatic heterocycles. The van der Waals surface area contributed by atoms with Gasteiger partial charge in [0.15, 0.2) is 0 Å². The van der Waals surface area contributed by atoms with E-state index in [1.165, 1.54) is 25.7 Å². The lowest BCUT2D eigenvalue weighted by molar-refractivity contribution is -0.175. The SMILES string of the molecule is CCC(C)OC(=O)CC[C@H](C)C1CCC2[C@H]3CC[C@H]4C[C@@H](O)CC[C@@]4(C)[C@@H]3C[C@@H](O)[C@]21C. The maximum atomic E-state index is 12.2. The molecule has 0 spiro atoms. The van der Waals surface area contributed by atoms with Crippen LogP contribution in [0.15, 0.2) is 0 Å². The van der Waals surface area contributed by atoms with Crippen LogP contribution in [0.4, 0.5) is 0 Å². The van der Waals surface area contributed by atoms with Crippen molar-refractivity contribution in [3.8, 4) is 0 Å². The van der Waals surface area contributed by atoms with Crippen LogP contribution in [0.2, 0.25) is 0 Å². The number of carbonyl (C=O) groups excluding carboxylic acids is 1. The van der Waals surface area contributed by atoms with E-state index in [2.05, 4.69) is 20.8 Å². The molecule has 0 bridgehead atoms. The van der Waals surface area contributed by atoms with Crippen LogP contribution in [0.5, 0.6) is 0 Å². The van der Waals surface area contributed by atoms with Gasteiger partial charge in [0.05, 0.1) is 18.3 Å². The molecule has 4 heteroatoms. The van der Waals surface area contributed by atoms with Crippen LogP contribution in [0.1, 0.15) is 105 Å². The lowest BCUT2D eigenvalue weighted by Crippen LogP contribution is -2.58. The van der Waals surface area contributed by atoms with E-state index in [9.17, 15) is 15.0 Å². The second kappa shape index (κ2) is 9.21. The zero-order valence-electron chi connectivity index (χ0n) is 21.2. The van der Waals surface area contributed by atoms with Crippen molar-refractivity contribution in [2.24, 2.45) is 46.3 Å². The van der Waals surface area contributed by atoms with Crippen LogP contribution in [-0.4, -0.2) is 34.5 Å². The number of hydrogen-bond donors (Lipinski definition) is 2. The van der Waals surface area contributed by atoms with Crippen molar-refractivity contribution < 1.29 is 19.7 Å². The molecule has 0 aliphatic heterocycles. The van der Waals surface area contributed by atoms with Crippen LogP contribution in [0.3, 0.4) is 0 Å². The molecule has 3 unspecified atom stereocenters. The van der Waals surface area contributed by atoms with Crippen molar-refractivity contribution in [1.29, 1.82) is 0 Å². The molecule has 4 aliphatic rings. The first-order chi connectivity index (χ1) is 15.1. The molecule has 4 nitrogen and oxygen atoms in total. The van der Waals surface area contributed by atoms with Gasteiger partial charge in [0, 0.05) is 6.42 Å². The van der Waals surface area contributed by atoms with Gasteiger partial charge in [-0.2, -0.15) is 0 Å². The quantitative estimate of drug-likeness (QED) is 0.509. The summed E-state index contributed by atoms with van der Waals surface area (Å²) in [5, 5.41) is 21.9. The zero-order chi connectivity index (χ0) is 23.3. The van der Waals surface area contributed by atoms with Gasteiger partial charge >= 0.3 is 5.97 Å². The summed E-state index contributed by atoms with van der Waals surface area (Å²) in [7, 11) is 0. The first-order valence-corrected chi connectivity index (χ1v) is 13.7. The number of esters is 1. The van der Waals surface area contributed by atoms with Crippen molar-refractivity contribution in [2.45, 2.75) is 124 Å². The molecule has 184 valence electrons. The van der Waals surface area contributed by atoms with E-state index < -0.39 is 0 Å². The van der Waals surface area contributed by atoms with E-state index in [0.29, 0.717) is 41.9 Å². The summed E-state index contributed by atoms with van der Waals surface area (Å²) in [4.78, 5) is 12.2. The van der Waals surface area contributed by atoms with Gasteiger partial charge in [-0.15, -0.1) is 0 Å². The van der Waals surface area contributed by atoms with Gasteiger partial charge in [-0.05, 0) is 117 Å². The predicted octanol–water partition coefficient (Wildman–Crippen LogP) is 5.74. The van der Waals surface area contributed by atoms with Gasteiger partial charge in [0.1, 0.15) is 0 Å². The predicted molar refractivity (Wildman–Crippen MR) is 127 cm³/mol. The molecular formula is C28H48O4. The number of ether oxygens (including phenoxy) is 1. The van der Waals surface area contributed by atoms with E-state index in [0.717, 1.165) is 38.5 Å². The fraction of sp³-hybridized carbons (Fsp3) is 0.964. The molecule has 0 saturated heterocycles. The summed E-state index contributed by atoms with van der Waals surface area (Å²) in [5.41, 5.74) is 0.256. The Morgan fingerprint density at radius 2 is 1.78 bits per heavy atom. The lowest BCUT2D eigenvalue weighted by atomic mass is 9.43. The highest BCUT2D eigenvalue weighted by atomic mass is 16.5. The van der Waals surface area contributed by atoms with E-state index in [-0.39, 0.29) is 35.1 Å². The third kappa shape index (κ3) is 4.06. The van der Waals surface area contributed by atoms with Crippen LogP contribution in [0.25, 0.3) is 0 Å². The fourth-order valence-electron chi connectivity index (χ4n) is 9.07. The fourth-order valence-corrected chi connectivity index (χ4v) is 9.07. The van der Waals surface area contributed by atoms with Gasteiger partial charge in [0.2, 0.25) is 0 Å². The minimum atomic E-state index is -0.252. The minimum absolute atomic E-state index is 0.000626. The Kier molecular flexibility index (Phi) is 7.05. The summed E-state index contributed by atoms with van der Waals surface area (Å²) >= 11 is 0. The maximum Gasteiger partial charge on any atom is 0.306 e. The monoisotopic (exact) mass is 448 g/mol. The van der Waals surface area contributed by atoms with Crippen molar-refractivity contribution >= 4 is 5.97 Å². The molecule has 2 N–H and O–H groups in total. The molecule has 4 saturated carbocycles. The highest BCUT2D eigenvalue weighted by Crippen LogP contribution is 2.68. The number of fused-ring (bicyclic) bond motifs is 5. The Hall–Kier alpha value is -0.610. The van der Waals surface area contributed by atoms with Crippen molar-refractivity contribution in [3.63, 3.8) is 0 Å². The smallest absolute Gasteiger partial charge is 0.306 e. The van der Waals surface area contributed by atoms with Gasteiger partial charge < -0.3 is 14.9 Å². The molecule has 0 radical (unpaired) electrons. The lowest BCUT2D eigenvalue weighted by Gasteiger charge is -2.62. The van der Waals surface area contributed by atoms with E-state index >= 15 is 0 Å². The first-order valence-electron chi connectivity index (χ1n) is 13.7. The molecule has 4 rings (SSSR count). The van der Waals surface area contributed by atoms with E-state index in [4.69, 9.17) is 4.74 Å². The number of rotatable bonds is 6. The number of aliphatic hydroxyl groups is 2. The Labute approximate surface area is 195 Å². The summed E-state index contributed by atoms with van der Waals surface area (Å²) in [6.45, 7) is 11.2. The Bertz CT molecular complexity index is 678. The second-order valence-corrected chi connectivity index (χ2v) is 12.6. The largest absolute Gasteiger partial charge is 0.463 e. The van der Waals surface area contributed by atoms with E-state index in [1.807, 2.05) is 13.8 Å². The molecular weight excluding hydrogens is 400 g/mol. The van der Waals surface area contributed by atoms with E-state index in [1.54, 1.807) is 0 Å². The molecule has 4 fully saturated rings. The molecule has 11 atom stereocenters. The number of hydrogen-bond acceptors (Lipinski definition) is 4. The highest BCUT2D eigenvalue weighted by molar-refractivity contribution is 5.69. The third-order valence-electron chi connectivity index (χ3n) is 11.2. The van der Waals surface area contributed by atoms with Gasteiger partial charge in [0.25, 0.3) is 0 Å². The van der Waals surface area contributed by atoms with Crippen LogP contribution in [-0.2, 0) is 9.53 Å². The van der Waals surface area contributed by atoms with Crippen LogP contribution >= 0.6 is 0 Å². The average molecular weight is 449 g/mol. The standard InChI is InChI=1S/C28H48O4/c1-6-18(3)32-26(31)12-7-17(2)22-10-11-23-21-9-8-19-15-20(29)13-14-27(19,4)24(21)16-25(30)28(22,23)5/h17-25,29-30H,6-16H2,1-5H3/t17-,18?,19-,20-,21+,22?,23?,24+,25+,27+,28-/m0/s1. The Balaban J connectivity index is 1.45. The summed E-state index contributed by atoms with van der Waals surface area (Å²) in [6.07, 6.45) is 10.7. The average Bonchev–Trinajstić information content (AvgIpc) is 3.12. The summed E-state index contributed by atoms with van der Waals surface area (Å²) in [6, 6.07) is 0. The topological polar surface area (TPSA) is 66.8 Å². The van der Waals surface area contributed by atoms with Crippen molar-refractivity contribution in [1.82, 2.24) is 0 Å². The molecule has 4 aliphatic carbocycles. The summed E-state index contributed by atoms with van der Waals surface area (Å²) < 4.78 is 5.50. The van der Waals surface area contributed by atoms with Crippen LogP contribution in [0, 0.1) is 46.3 Å². The maximum absolute atomic E-state index is 12.2. The van der Waals surface area contributed by atoms with Gasteiger partial charge in [-0.3, -0.25) is 4.79 Å².